The molecule has 0 amide bonds. The molecular formula is C15H22N4. The van der Waals surface area contributed by atoms with Crippen LogP contribution in [0.4, 0.5) is 0 Å². The molecule has 0 aliphatic heterocycles. The average molecular weight is 258 g/mol. The molecule has 1 N–H and O–H groups in total. The summed E-state index contributed by atoms with van der Waals surface area (Å²) in [5, 5.41) is 11.6. The number of nitrogens with zero attached hydrogens (tertiary/aromatic N) is 3. The normalized spacial score (nSPS) is 12.6. The van der Waals surface area contributed by atoms with Crippen LogP contribution < -0.4 is 5.32 Å². The van der Waals surface area contributed by atoms with Crippen molar-refractivity contribution < 1.29 is 0 Å². The van der Waals surface area contributed by atoms with Crippen LogP contribution in [0.1, 0.15) is 41.8 Å². The lowest BCUT2D eigenvalue weighted by atomic mass is 9.95. The van der Waals surface area contributed by atoms with Crippen LogP contribution in [-0.2, 0) is 7.05 Å². The molecular weight excluding hydrogens is 236 g/mol. The largest absolute Gasteiger partial charge is 0.305 e. The van der Waals surface area contributed by atoms with E-state index in [1.165, 1.54) is 16.7 Å². The number of rotatable bonds is 5. The quantitative estimate of drug-likeness (QED) is 0.896. The van der Waals surface area contributed by atoms with Gasteiger partial charge in [-0.05, 0) is 43.5 Å². The van der Waals surface area contributed by atoms with Gasteiger partial charge in [0.25, 0.3) is 0 Å². The fraction of sp³-hybridized carbons (Fsp3) is 0.467. The SMILES string of the molecule is CCCNC(c1cccc(C)c1C)c1cnnn1C. The van der Waals surface area contributed by atoms with Crippen molar-refractivity contribution in [1.82, 2.24) is 20.3 Å². The first kappa shape index (κ1) is 13.7. The molecule has 1 heterocycles. The van der Waals surface area contributed by atoms with Crippen LogP contribution >= 0.6 is 0 Å². The molecule has 1 unspecified atom stereocenters. The predicted molar refractivity (Wildman–Crippen MR) is 77.1 cm³/mol. The fourth-order valence-electron chi connectivity index (χ4n) is 2.31. The number of aromatic nitrogens is 3. The molecule has 0 spiro atoms. The first-order chi connectivity index (χ1) is 9.15. The van der Waals surface area contributed by atoms with Gasteiger partial charge in [-0.15, -0.1) is 5.10 Å². The van der Waals surface area contributed by atoms with Crippen molar-refractivity contribution in [3.63, 3.8) is 0 Å². The second-order valence-electron chi connectivity index (χ2n) is 4.96. The summed E-state index contributed by atoms with van der Waals surface area (Å²) in [5.41, 5.74) is 5.05. The summed E-state index contributed by atoms with van der Waals surface area (Å²) in [6, 6.07) is 6.60. The van der Waals surface area contributed by atoms with Crippen LogP contribution in [0.15, 0.2) is 24.4 Å². The number of nitrogens with one attached hydrogen (secondary N) is 1. The molecule has 1 aromatic carbocycles. The van der Waals surface area contributed by atoms with Gasteiger partial charge in [0.05, 0.1) is 17.9 Å². The van der Waals surface area contributed by atoms with E-state index in [1.807, 2.05) is 17.9 Å². The van der Waals surface area contributed by atoms with Crippen molar-refractivity contribution in [2.24, 2.45) is 7.05 Å². The smallest absolute Gasteiger partial charge is 0.0798 e. The molecule has 0 aliphatic rings. The Morgan fingerprint density at radius 2 is 2.11 bits per heavy atom. The van der Waals surface area contributed by atoms with Crippen LogP contribution in [0.2, 0.25) is 0 Å². The van der Waals surface area contributed by atoms with Gasteiger partial charge in [0.15, 0.2) is 0 Å². The molecule has 0 fully saturated rings. The van der Waals surface area contributed by atoms with Crippen molar-refractivity contribution in [3.05, 3.63) is 46.8 Å². The number of hydrogen-bond donors (Lipinski definition) is 1. The molecule has 0 radical (unpaired) electrons. The Kier molecular flexibility index (Phi) is 4.32. The Morgan fingerprint density at radius 1 is 1.32 bits per heavy atom. The van der Waals surface area contributed by atoms with E-state index >= 15 is 0 Å². The Hall–Kier alpha value is -1.68. The van der Waals surface area contributed by atoms with Gasteiger partial charge in [-0.1, -0.05) is 30.3 Å². The topological polar surface area (TPSA) is 42.7 Å². The lowest BCUT2D eigenvalue weighted by Gasteiger charge is -2.21. The van der Waals surface area contributed by atoms with Crippen molar-refractivity contribution in [1.29, 1.82) is 0 Å². The minimum absolute atomic E-state index is 0.153. The number of hydrogen-bond acceptors (Lipinski definition) is 3. The highest BCUT2D eigenvalue weighted by molar-refractivity contribution is 5.38. The summed E-state index contributed by atoms with van der Waals surface area (Å²) in [4.78, 5) is 0. The maximum Gasteiger partial charge on any atom is 0.0798 e. The van der Waals surface area contributed by atoms with Crippen LogP contribution in [0.25, 0.3) is 0 Å². The van der Waals surface area contributed by atoms with E-state index in [-0.39, 0.29) is 6.04 Å². The molecule has 4 nitrogen and oxygen atoms in total. The third kappa shape index (κ3) is 2.84. The predicted octanol–water partition coefficient (Wildman–Crippen LogP) is 2.52. The van der Waals surface area contributed by atoms with Gasteiger partial charge in [-0.3, -0.25) is 4.68 Å². The molecule has 0 bridgehead atoms. The highest BCUT2D eigenvalue weighted by Crippen LogP contribution is 2.25. The molecule has 0 saturated heterocycles. The maximum absolute atomic E-state index is 4.05. The zero-order valence-electron chi connectivity index (χ0n) is 12.1. The molecule has 19 heavy (non-hydrogen) atoms. The highest BCUT2D eigenvalue weighted by atomic mass is 15.4. The Labute approximate surface area is 114 Å². The van der Waals surface area contributed by atoms with Crippen molar-refractivity contribution in [2.45, 2.75) is 33.2 Å². The summed E-state index contributed by atoms with van der Waals surface area (Å²) in [7, 11) is 1.94. The molecule has 102 valence electrons. The fourth-order valence-corrected chi connectivity index (χ4v) is 2.31. The molecule has 2 aromatic rings. The molecule has 4 heteroatoms. The summed E-state index contributed by atoms with van der Waals surface area (Å²) in [6.45, 7) is 7.48. The van der Waals surface area contributed by atoms with E-state index in [1.54, 1.807) is 0 Å². The van der Waals surface area contributed by atoms with Gasteiger partial charge in [0.2, 0.25) is 0 Å². The van der Waals surface area contributed by atoms with E-state index in [4.69, 9.17) is 0 Å². The second-order valence-corrected chi connectivity index (χ2v) is 4.96. The molecule has 2 rings (SSSR count). The first-order valence-electron chi connectivity index (χ1n) is 6.79. The van der Waals surface area contributed by atoms with Crippen LogP contribution in [0.5, 0.6) is 0 Å². The zero-order valence-corrected chi connectivity index (χ0v) is 12.1. The third-order valence-electron chi connectivity index (χ3n) is 3.60. The van der Waals surface area contributed by atoms with Crippen molar-refractivity contribution in [2.75, 3.05) is 6.54 Å². The van der Waals surface area contributed by atoms with Crippen LogP contribution in [0.3, 0.4) is 0 Å². The number of aryl methyl sites for hydroxylation is 2. The van der Waals surface area contributed by atoms with E-state index in [2.05, 4.69) is 54.6 Å². The van der Waals surface area contributed by atoms with Gasteiger partial charge in [0, 0.05) is 7.05 Å². The summed E-state index contributed by atoms with van der Waals surface area (Å²) < 4.78 is 1.84. The van der Waals surface area contributed by atoms with E-state index in [0.29, 0.717) is 0 Å². The maximum atomic E-state index is 4.05. The van der Waals surface area contributed by atoms with Crippen molar-refractivity contribution in [3.8, 4) is 0 Å². The van der Waals surface area contributed by atoms with Crippen LogP contribution in [-0.4, -0.2) is 21.5 Å². The second kappa shape index (κ2) is 5.97. The minimum atomic E-state index is 0.153. The zero-order chi connectivity index (χ0) is 13.8. The highest BCUT2D eigenvalue weighted by Gasteiger charge is 2.19. The van der Waals surface area contributed by atoms with Gasteiger partial charge in [0.1, 0.15) is 0 Å². The van der Waals surface area contributed by atoms with E-state index < -0.39 is 0 Å². The lowest BCUT2D eigenvalue weighted by molar-refractivity contribution is 0.548. The Bertz CT molecular complexity index is 545. The minimum Gasteiger partial charge on any atom is -0.305 e. The average Bonchev–Trinajstić information content (AvgIpc) is 2.81. The van der Waals surface area contributed by atoms with Gasteiger partial charge in [-0.2, -0.15) is 0 Å². The van der Waals surface area contributed by atoms with Crippen molar-refractivity contribution >= 4 is 0 Å². The standard InChI is InChI=1S/C15H22N4/c1-5-9-16-15(14-10-17-18-19(14)4)13-8-6-7-11(2)12(13)3/h6-8,10,15-16H,5,9H2,1-4H3. The van der Waals surface area contributed by atoms with Gasteiger partial charge >= 0.3 is 0 Å². The first-order valence-corrected chi connectivity index (χ1v) is 6.79. The Morgan fingerprint density at radius 3 is 2.74 bits per heavy atom. The summed E-state index contributed by atoms with van der Waals surface area (Å²) >= 11 is 0. The van der Waals surface area contributed by atoms with Gasteiger partial charge in [-0.25, -0.2) is 0 Å². The third-order valence-corrected chi connectivity index (χ3v) is 3.60. The van der Waals surface area contributed by atoms with Crippen LogP contribution in [0, 0.1) is 13.8 Å². The molecule has 1 atom stereocenters. The van der Waals surface area contributed by atoms with Gasteiger partial charge < -0.3 is 5.32 Å². The monoisotopic (exact) mass is 258 g/mol. The Balaban J connectivity index is 2.43. The lowest BCUT2D eigenvalue weighted by Crippen LogP contribution is -2.26. The number of benzene rings is 1. The molecule has 1 aromatic heterocycles. The summed E-state index contributed by atoms with van der Waals surface area (Å²) in [6.07, 6.45) is 2.95. The molecule has 0 saturated carbocycles. The molecule has 0 aliphatic carbocycles. The van der Waals surface area contributed by atoms with E-state index in [9.17, 15) is 0 Å². The summed E-state index contributed by atoms with van der Waals surface area (Å²) in [5.74, 6) is 0. The van der Waals surface area contributed by atoms with E-state index in [0.717, 1.165) is 18.7 Å².